The van der Waals surface area contributed by atoms with Crippen LogP contribution in [0.4, 0.5) is 0 Å². The summed E-state index contributed by atoms with van der Waals surface area (Å²) in [7, 11) is 0. The summed E-state index contributed by atoms with van der Waals surface area (Å²) in [6.07, 6.45) is 2.06. The number of hydrogen-bond acceptors (Lipinski definition) is 3. The van der Waals surface area contributed by atoms with Crippen LogP contribution in [0, 0.1) is 0 Å². The van der Waals surface area contributed by atoms with Crippen LogP contribution in [0.5, 0.6) is 0 Å². The summed E-state index contributed by atoms with van der Waals surface area (Å²) in [5, 5.41) is 9.20. The van der Waals surface area contributed by atoms with Crippen LogP contribution in [0.3, 0.4) is 0 Å². The summed E-state index contributed by atoms with van der Waals surface area (Å²) in [4.78, 5) is 14.1. The standard InChI is InChI=1S/C13H16BrNO2/c14-11-5-3-10(4-6-11)13(17)8-15-7-1-2-12(15)9-16/h3-6,12,16H,1-2,7-9H2. The molecule has 1 unspecified atom stereocenters. The third-order valence-corrected chi connectivity index (χ3v) is 3.75. The predicted molar refractivity (Wildman–Crippen MR) is 70.2 cm³/mol. The second-order valence-corrected chi connectivity index (χ2v) is 5.29. The molecule has 0 saturated carbocycles. The first-order valence-electron chi connectivity index (χ1n) is 5.84. The number of hydrogen-bond donors (Lipinski definition) is 1. The molecule has 0 aromatic heterocycles. The van der Waals surface area contributed by atoms with Crippen LogP contribution in [0.15, 0.2) is 28.7 Å². The molecule has 0 aliphatic carbocycles. The molecular formula is C13H16BrNO2. The lowest BCUT2D eigenvalue weighted by Gasteiger charge is -2.21. The van der Waals surface area contributed by atoms with Gasteiger partial charge in [-0.1, -0.05) is 28.1 Å². The maximum atomic E-state index is 12.0. The van der Waals surface area contributed by atoms with Crippen molar-refractivity contribution in [3.05, 3.63) is 34.3 Å². The molecule has 1 aromatic rings. The van der Waals surface area contributed by atoms with E-state index in [-0.39, 0.29) is 18.4 Å². The second-order valence-electron chi connectivity index (χ2n) is 4.38. The molecule has 1 aromatic carbocycles. The zero-order valence-electron chi connectivity index (χ0n) is 9.60. The number of likely N-dealkylation sites (tertiary alicyclic amines) is 1. The van der Waals surface area contributed by atoms with E-state index in [2.05, 4.69) is 20.8 Å². The Morgan fingerprint density at radius 3 is 2.76 bits per heavy atom. The van der Waals surface area contributed by atoms with E-state index in [0.717, 1.165) is 29.4 Å². The number of ketones is 1. The molecule has 3 nitrogen and oxygen atoms in total. The van der Waals surface area contributed by atoms with E-state index in [9.17, 15) is 9.90 Å². The van der Waals surface area contributed by atoms with Crippen molar-refractivity contribution in [2.75, 3.05) is 19.7 Å². The molecule has 1 atom stereocenters. The lowest BCUT2D eigenvalue weighted by molar-refractivity contribution is 0.0888. The van der Waals surface area contributed by atoms with Gasteiger partial charge >= 0.3 is 0 Å². The average molecular weight is 298 g/mol. The SMILES string of the molecule is O=C(CN1CCCC1CO)c1ccc(Br)cc1. The van der Waals surface area contributed by atoms with Crippen LogP contribution in [0.2, 0.25) is 0 Å². The summed E-state index contributed by atoms with van der Waals surface area (Å²) >= 11 is 3.35. The number of aliphatic hydroxyl groups excluding tert-OH is 1. The predicted octanol–water partition coefficient (Wildman–Crippen LogP) is 2.09. The fourth-order valence-electron chi connectivity index (χ4n) is 2.22. The Labute approximate surface area is 110 Å². The maximum Gasteiger partial charge on any atom is 0.176 e. The molecule has 92 valence electrons. The summed E-state index contributed by atoms with van der Waals surface area (Å²) in [5.74, 6) is 0.123. The minimum atomic E-state index is 0.123. The summed E-state index contributed by atoms with van der Waals surface area (Å²) < 4.78 is 0.975. The summed E-state index contributed by atoms with van der Waals surface area (Å²) in [6.45, 7) is 1.47. The zero-order chi connectivity index (χ0) is 12.3. The highest BCUT2D eigenvalue weighted by atomic mass is 79.9. The first-order chi connectivity index (χ1) is 8.20. The zero-order valence-corrected chi connectivity index (χ0v) is 11.2. The number of aliphatic hydroxyl groups is 1. The Hall–Kier alpha value is -0.710. The van der Waals surface area contributed by atoms with E-state index in [1.807, 2.05) is 24.3 Å². The molecule has 0 spiro atoms. The van der Waals surface area contributed by atoms with Gasteiger partial charge in [-0.3, -0.25) is 9.69 Å². The van der Waals surface area contributed by atoms with Gasteiger partial charge in [-0.25, -0.2) is 0 Å². The van der Waals surface area contributed by atoms with Gasteiger partial charge in [-0.2, -0.15) is 0 Å². The topological polar surface area (TPSA) is 40.5 Å². The quantitative estimate of drug-likeness (QED) is 0.865. The Morgan fingerprint density at radius 2 is 2.12 bits per heavy atom. The molecule has 1 aliphatic rings. The van der Waals surface area contributed by atoms with E-state index in [1.165, 1.54) is 0 Å². The third kappa shape index (κ3) is 3.15. The highest BCUT2D eigenvalue weighted by Crippen LogP contribution is 2.18. The highest BCUT2D eigenvalue weighted by molar-refractivity contribution is 9.10. The Kier molecular flexibility index (Phi) is 4.31. The number of benzene rings is 1. The first kappa shape index (κ1) is 12.7. The van der Waals surface area contributed by atoms with Crippen LogP contribution < -0.4 is 0 Å². The molecule has 1 saturated heterocycles. The van der Waals surface area contributed by atoms with Crippen molar-refractivity contribution in [1.82, 2.24) is 4.90 Å². The third-order valence-electron chi connectivity index (χ3n) is 3.22. The van der Waals surface area contributed by atoms with Crippen molar-refractivity contribution in [2.45, 2.75) is 18.9 Å². The Balaban J connectivity index is 1.99. The minimum absolute atomic E-state index is 0.123. The highest BCUT2D eigenvalue weighted by Gasteiger charge is 2.25. The lowest BCUT2D eigenvalue weighted by Crippen LogP contribution is -2.36. The normalized spacial score (nSPS) is 20.7. The molecule has 4 heteroatoms. The summed E-state index contributed by atoms with van der Waals surface area (Å²) in [5.41, 5.74) is 0.733. The second kappa shape index (κ2) is 5.76. The van der Waals surface area contributed by atoms with Crippen LogP contribution in [0.1, 0.15) is 23.2 Å². The molecule has 0 bridgehead atoms. The molecule has 1 heterocycles. The number of carbonyl (C=O) groups excluding carboxylic acids is 1. The van der Waals surface area contributed by atoms with Gasteiger partial charge in [-0.05, 0) is 31.5 Å². The van der Waals surface area contributed by atoms with Gasteiger partial charge in [0.05, 0.1) is 13.2 Å². The van der Waals surface area contributed by atoms with Crippen molar-refractivity contribution in [3.8, 4) is 0 Å². The fourth-order valence-corrected chi connectivity index (χ4v) is 2.49. The van der Waals surface area contributed by atoms with Gasteiger partial charge < -0.3 is 5.11 Å². The van der Waals surface area contributed by atoms with E-state index < -0.39 is 0 Å². The Morgan fingerprint density at radius 1 is 1.41 bits per heavy atom. The number of rotatable bonds is 4. The first-order valence-corrected chi connectivity index (χ1v) is 6.63. The van der Waals surface area contributed by atoms with Gasteiger partial charge in [0.2, 0.25) is 0 Å². The molecule has 17 heavy (non-hydrogen) atoms. The van der Waals surface area contributed by atoms with E-state index in [0.29, 0.717) is 6.54 Å². The molecule has 2 rings (SSSR count). The molecule has 1 aliphatic heterocycles. The summed E-state index contributed by atoms with van der Waals surface area (Å²) in [6, 6.07) is 7.57. The Bertz CT molecular complexity index is 391. The molecular weight excluding hydrogens is 282 g/mol. The fraction of sp³-hybridized carbons (Fsp3) is 0.462. The van der Waals surface area contributed by atoms with Crippen LogP contribution in [0.25, 0.3) is 0 Å². The van der Waals surface area contributed by atoms with Gasteiger partial charge in [-0.15, -0.1) is 0 Å². The van der Waals surface area contributed by atoms with Crippen LogP contribution in [-0.4, -0.2) is 41.5 Å². The van der Waals surface area contributed by atoms with Gasteiger partial charge in [0.1, 0.15) is 0 Å². The largest absolute Gasteiger partial charge is 0.395 e. The van der Waals surface area contributed by atoms with Crippen molar-refractivity contribution >= 4 is 21.7 Å². The molecule has 1 N–H and O–H groups in total. The average Bonchev–Trinajstić information content (AvgIpc) is 2.77. The van der Waals surface area contributed by atoms with E-state index in [1.54, 1.807) is 0 Å². The maximum absolute atomic E-state index is 12.0. The monoisotopic (exact) mass is 297 g/mol. The van der Waals surface area contributed by atoms with Crippen molar-refractivity contribution in [1.29, 1.82) is 0 Å². The molecule has 0 amide bonds. The molecule has 1 fully saturated rings. The van der Waals surface area contributed by atoms with E-state index >= 15 is 0 Å². The van der Waals surface area contributed by atoms with E-state index in [4.69, 9.17) is 0 Å². The number of carbonyl (C=O) groups is 1. The van der Waals surface area contributed by atoms with Gasteiger partial charge in [0.15, 0.2) is 5.78 Å². The van der Waals surface area contributed by atoms with Crippen molar-refractivity contribution < 1.29 is 9.90 Å². The van der Waals surface area contributed by atoms with Gasteiger partial charge in [0.25, 0.3) is 0 Å². The molecule has 0 radical (unpaired) electrons. The van der Waals surface area contributed by atoms with Crippen LogP contribution in [-0.2, 0) is 0 Å². The number of nitrogens with zero attached hydrogens (tertiary/aromatic N) is 1. The lowest BCUT2D eigenvalue weighted by atomic mass is 10.1. The van der Waals surface area contributed by atoms with Crippen molar-refractivity contribution in [2.24, 2.45) is 0 Å². The smallest absolute Gasteiger partial charge is 0.176 e. The number of halogens is 1. The minimum Gasteiger partial charge on any atom is -0.395 e. The van der Waals surface area contributed by atoms with Crippen LogP contribution >= 0.6 is 15.9 Å². The van der Waals surface area contributed by atoms with Gasteiger partial charge in [0, 0.05) is 16.1 Å². The number of Topliss-reactive ketones (excluding diaryl/α,β-unsaturated/α-hetero) is 1. The van der Waals surface area contributed by atoms with Crippen molar-refractivity contribution in [3.63, 3.8) is 0 Å².